The van der Waals surface area contributed by atoms with Crippen LogP contribution in [0.1, 0.15) is 25.3 Å². The summed E-state index contributed by atoms with van der Waals surface area (Å²) in [7, 11) is 0. The van der Waals surface area contributed by atoms with Crippen LogP contribution in [-0.2, 0) is 6.54 Å². The van der Waals surface area contributed by atoms with Crippen molar-refractivity contribution in [3.8, 4) is 0 Å². The second kappa shape index (κ2) is 5.96. The van der Waals surface area contributed by atoms with Gasteiger partial charge in [-0.3, -0.25) is 0 Å². The minimum Gasteiger partial charge on any atom is -0.353 e. The number of likely N-dealkylation sites (N-methyl/N-ethyl adjacent to an activating group) is 1. The van der Waals surface area contributed by atoms with Gasteiger partial charge in [0.15, 0.2) is 0 Å². The maximum absolute atomic E-state index is 13.3. The molecular formula is C14H20FN3. The number of anilines is 1. The van der Waals surface area contributed by atoms with E-state index < -0.39 is 0 Å². The Hall–Kier alpha value is -1.42. The van der Waals surface area contributed by atoms with Crippen molar-refractivity contribution in [1.82, 2.24) is 10.3 Å². The summed E-state index contributed by atoms with van der Waals surface area (Å²) in [5.41, 5.74) is 0.922. The molecule has 0 spiro atoms. The first-order valence-electron chi connectivity index (χ1n) is 6.48. The Morgan fingerprint density at radius 1 is 1.61 bits per heavy atom. The number of halogens is 1. The highest BCUT2D eigenvalue weighted by atomic mass is 19.1. The molecule has 18 heavy (non-hydrogen) atoms. The number of rotatable bonds is 7. The van der Waals surface area contributed by atoms with Gasteiger partial charge in [-0.25, -0.2) is 9.37 Å². The van der Waals surface area contributed by atoms with E-state index in [2.05, 4.69) is 28.7 Å². The highest BCUT2D eigenvalue weighted by Gasteiger charge is 2.21. The summed E-state index contributed by atoms with van der Waals surface area (Å²) >= 11 is 0. The van der Waals surface area contributed by atoms with E-state index in [9.17, 15) is 4.39 Å². The van der Waals surface area contributed by atoms with Crippen LogP contribution in [0.25, 0.3) is 0 Å². The van der Waals surface area contributed by atoms with E-state index in [1.165, 1.54) is 19.0 Å². The van der Waals surface area contributed by atoms with Crippen LogP contribution in [0.15, 0.2) is 24.9 Å². The van der Waals surface area contributed by atoms with Gasteiger partial charge in [0.25, 0.3) is 0 Å². The van der Waals surface area contributed by atoms with E-state index in [4.69, 9.17) is 0 Å². The largest absolute Gasteiger partial charge is 0.353 e. The quantitative estimate of drug-likeness (QED) is 0.752. The Morgan fingerprint density at radius 2 is 2.39 bits per heavy atom. The van der Waals surface area contributed by atoms with Gasteiger partial charge >= 0.3 is 0 Å². The molecule has 1 aromatic rings. The summed E-state index contributed by atoms with van der Waals surface area (Å²) in [5, 5.41) is 3.40. The molecule has 1 heterocycles. The van der Waals surface area contributed by atoms with Crippen molar-refractivity contribution in [2.75, 3.05) is 18.0 Å². The molecule has 2 rings (SSSR count). The van der Waals surface area contributed by atoms with Gasteiger partial charge in [0.1, 0.15) is 11.6 Å². The zero-order chi connectivity index (χ0) is 13.0. The van der Waals surface area contributed by atoms with Gasteiger partial charge in [0.2, 0.25) is 0 Å². The molecule has 98 valence electrons. The Kier molecular flexibility index (Phi) is 4.31. The summed E-state index contributed by atoms with van der Waals surface area (Å²) in [5.74, 6) is 0.577. The standard InChI is InChI=1S/C14H20FN3/c1-3-7-18(4-2)14-11(8-12(15)10-17-14)9-16-13-5-6-13/h3,8,10,13,16H,1,4-7,9H2,2H3. The lowest BCUT2D eigenvalue weighted by Crippen LogP contribution is -2.26. The monoisotopic (exact) mass is 249 g/mol. The van der Waals surface area contributed by atoms with Gasteiger partial charge in [-0.1, -0.05) is 6.08 Å². The number of nitrogens with zero attached hydrogens (tertiary/aromatic N) is 2. The topological polar surface area (TPSA) is 28.2 Å². The van der Waals surface area contributed by atoms with E-state index in [0.29, 0.717) is 12.6 Å². The Balaban J connectivity index is 2.16. The zero-order valence-electron chi connectivity index (χ0n) is 10.8. The Labute approximate surface area is 108 Å². The molecular weight excluding hydrogens is 229 g/mol. The smallest absolute Gasteiger partial charge is 0.141 e. The molecule has 0 radical (unpaired) electrons. The average molecular weight is 249 g/mol. The van der Waals surface area contributed by atoms with Gasteiger partial charge in [-0.2, -0.15) is 0 Å². The minimum absolute atomic E-state index is 0.277. The van der Waals surface area contributed by atoms with Crippen molar-refractivity contribution in [3.05, 3.63) is 36.3 Å². The highest BCUT2D eigenvalue weighted by molar-refractivity contribution is 5.47. The third-order valence-corrected chi connectivity index (χ3v) is 3.10. The average Bonchev–Trinajstić information content (AvgIpc) is 3.18. The maximum atomic E-state index is 13.3. The number of aromatic nitrogens is 1. The fourth-order valence-corrected chi connectivity index (χ4v) is 1.95. The second-order valence-corrected chi connectivity index (χ2v) is 4.62. The first-order chi connectivity index (χ1) is 8.74. The van der Waals surface area contributed by atoms with Crippen LogP contribution in [-0.4, -0.2) is 24.1 Å². The third-order valence-electron chi connectivity index (χ3n) is 3.10. The van der Waals surface area contributed by atoms with Gasteiger partial charge < -0.3 is 10.2 Å². The number of hydrogen-bond acceptors (Lipinski definition) is 3. The highest BCUT2D eigenvalue weighted by Crippen LogP contribution is 2.22. The molecule has 0 saturated heterocycles. The van der Waals surface area contributed by atoms with Crippen molar-refractivity contribution in [2.45, 2.75) is 32.4 Å². The molecule has 0 atom stereocenters. The van der Waals surface area contributed by atoms with Crippen molar-refractivity contribution < 1.29 is 4.39 Å². The molecule has 0 aromatic carbocycles. The predicted octanol–water partition coefficient (Wildman–Crippen LogP) is 2.49. The van der Waals surface area contributed by atoms with Crippen molar-refractivity contribution in [3.63, 3.8) is 0 Å². The lowest BCUT2D eigenvalue weighted by Gasteiger charge is -2.23. The van der Waals surface area contributed by atoms with Gasteiger partial charge in [-0.15, -0.1) is 6.58 Å². The molecule has 1 fully saturated rings. The molecule has 0 bridgehead atoms. The second-order valence-electron chi connectivity index (χ2n) is 4.62. The molecule has 0 aliphatic heterocycles. The molecule has 1 aromatic heterocycles. The Bertz CT molecular complexity index is 416. The molecule has 1 aliphatic rings. The minimum atomic E-state index is -0.277. The van der Waals surface area contributed by atoms with Crippen LogP contribution >= 0.6 is 0 Å². The zero-order valence-corrected chi connectivity index (χ0v) is 10.8. The fraction of sp³-hybridized carbons (Fsp3) is 0.500. The maximum Gasteiger partial charge on any atom is 0.141 e. The predicted molar refractivity (Wildman–Crippen MR) is 72.1 cm³/mol. The van der Waals surface area contributed by atoms with E-state index in [1.54, 1.807) is 6.07 Å². The van der Waals surface area contributed by atoms with Crippen molar-refractivity contribution in [2.24, 2.45) is 0 Å². The summed E-state index contributed by atoms with van der Waals surface area (Å²) in [6.07, 6.45) is 5.57. The van der Waals surface area contributed by atoms with Crippen LogP contribution in [0.3, 0.4) is 0 Å². The molecule has 0 unspecified atom stereocenters. The molecule has 0 amide bonds. The first kappa shape index (κ1) is 13.0. The molecule has 4 heteroatoms. The fourth-order valence-electron chi connectivity index (χ4n) is 1.95. The van der Waals surface area contributed by atoms with Crippen LogP contribution in [0.2, 0.25) is 0 Å². The first-order valence-corrected chi connectivity index (χ1v) is 6.48. The van der Waals surface area contributed by atoms with E-state index in [-0.39, 0.29) is 5.82 Å². The van der Waals surface area contributed by atoms with Crippen molar-refractivity contribution >= 4 is 5.82 Å². The number of hydrogen-bond donors (Lipinski definition) is 1. The summed E-state index contributed by atoms with van der Waals surface area (Å²) in [4.78, 5) is 6.32. The van der Waals surface area contributed by atoms with Crippen molar-refractivity contribution in [1.29, 1.82) is 0 Å². The summed E-state index contributed by atoms with van der Waals surface area (Å²) in [6.45, 7) is 8.05. The van der Waals surface area contributed by atoms with E-state index in [0.717, 1.165) is 24.5 Å². The molecule has 3 nitrogen and oxygen atoms in total. The van der Waals surface area contributed by atoms with Gasteiger partial charge in [0.05, 0.1) is 6.20 Å². The van der Waals surface area contributed by atoms with E-state index >= 15 is 0 Å². The van der Waals surface area contributed by atoms with Gasteiger partial charge in [0, 0.05) is 31.2 Å². The summed E-state index contributed by atoms with van der Waals surface area (Å²) < 4.78 is 13.3. The molecule has 1 saturated carbocycles. The van der Waals surface area contributed by atoms with Crippen LogP contribution in [0, 0.1) is 5.82 Å². The summed E-state index contributed by atoms with van der Waals surface area (Å²) in [6, 6.07) is 2.18. The SMILES string of the molecule is C=CCN(CC)c1ncc(F)cc1CNC1CC1. The van der Waals surface area contributed by atoms with Gasteiger partial charge in [-0.05, 0) is 25.8 Å². The number of pyridine rings is 1. The van der Waals surface area contributed by atoms with Crippen LogP contribution in [0.5, 0.6) is 0 Å². The lowest BCUT2D eigenvalue weighted by atomic mass is 10.2. The van der Waals surface area contributed by atoms with E-state index in [1.807, 2.05) is 6.08 Å². The number of nitrogens with one attached hydrogen (secondary N) is 1. The van der Waals surface area contributed by atoms with Crippen LogP contribution < -0.4 is 10.2 Å². The normalized spacial score (nSPS) is 14.6. The molecule has 1 aliphatic carbocycles. The Morgan fingerprint density at radius 3 is 3.00 bits per heavy atom. The van der Waals surface area contributed by atoms with Crippen LogP contribution in [0.4, 0.5) is 10.2 Å². The third kappa shape index (κ3) is 3.29. The lowest BCUT2D eigenvalue weighted by molar-refractivity contribution is 0.610. The molecule has 1 N–H and O–H groups in total.